The number of hydrazine groups is 1. The Morgan fingerprint density at radius 2 is 2.12 bits per heavy atom. The van der Waals surface area contributed by atoms with Gasteiger partial charge >= 0.3 is 0 Å². The highest BCUT2D eigenvalue weighted by Gasteiger charge is 2.17. The molecular weight excluding hydrogens is 218 g/mol. The third kappa shape index (κ3) is 3.99. The Bertz CT molecular complexity index is 374. The number of nitrogens with two attached hydrogens (primary N) is 1. The monoisotopic (exact) mass is 237 g/mol. The molecule has 1 aromatic rings. The van der Waals surface area contributed by atoms with Crippen LogP contribution in [0.25, 0.3) is 0 Å². The molecule has 17 heavy (non-hydrogen) atoms. The van der Waals surface area contributed by atoms with E-state index in [0.29, 0.717) is 12.4 Å². The molecular formula is C11H19N5O. The summed E-state index contributed by atoms with van der Waals surface area (Å²) in [5.41, 5.74) is 2.73. The van der Waals surface area contributed by atoms with E-state index in [1.54, 1.807) is 0 Å². The smallest absolute Gasteiger partial charge is 0.271 e. The number of aromatic nitrogens is 2. The minimum atomic E-state index is -0.220. The van der Waals surface area contributed by atoms with Gasteiger partial charge in [0.1, 0.15) is 5.69 Å². The highest BCUT2D eigenvalue weighted by Crippen LogP contribution is 2.17. The van der Waals surface area contributed by atoms with Gasteiger partial charge in [0.05, 0.1) is 12.4 Å². The average molecular weight is 237 g/mol. The Kier molecular flexibility index (Phi) is 4.39. The standard InChI is InChI=1S/C11H19N5O/c1-4-11(2,3)7-15-10(17)8-5-14-9(16-12)6-13-8/h5-6H,4,7,12H2,1-3H3,(H,14,16)(H,15,17). The summed E-state index contributed by atoms with van der Waals surface area (Å²) in [6, 6.07) is 0. The van der Waals surface area contributed by atoms with Crippen molar-refractivity contribution in [2.24, 2.45) is 11.3 Å². The Labute approximate surface area is 101 Å². The molecule has 6 heteroatoms. The van der Waals surface area contributed by atoms with Gasteiger partial charge in [0, 0.05) is 6.54 Å². The number of carbonyl (C=O) groups is 1. The van der Waals surface area contributed by atoms with Gasteiger partial charge < -0.3 is 10.7 Å². The fourth-order valence-corrected chi connectivity index (χ4v) is 1.05. The van der Waals surface area contributed by atoms with Crippen LogP contribution in [0.1, 0.15) is 37.7 Å². The van der Waals surface area contributed by atoms with Crippen molar-refractivity contribution in [3.8, 4) is 0 Å². The summed E-state index contributed by atoms with van der Waals surface area (Å²) >= 11 is 0. The lowest BCUT2D eigenvalue weighted by Crippen LogP contribution is -2.34. The number of nitrogens with one attached hydrogen (secondary N) is 2. The second-order valence-electron chi connectivity index (χ2n) is 4.63. The molecule has 0 fully saturated rings. The van der Waals surface area contributed by atoms with Crippen LogP contribution in [0, 0.1) is 5.41 Å². The van der Waals surface area contributed by atoms with E-state index in [-0.39, 0.29) is 17.0 Å². The quantitative estimate of drug-likeness (QED) is 0.523. The van der Waals surface area contributed by atoms with Crippen molar-refractivity contribution < 1.29 is 4.79 Å². The molecule has 1 aromatic heterocycles. The molecule has 0 radical (unpaired) electrons. The predicted molar refractivity (Wildman–Crippen MR) is 66.2 cm³/mol. The number of hydrogen-bond acceptors (Lipinski definition) is 5. The summed E-state index contributed by atoms with van der Waals surface area (Å²) in [6.07, 6.45) is 3.80. The number of hydrogen-bond donors (Lipinski definition) is 3. The van der Waals surface area contributed by atoms with Crippen molar-refractivity contribution in [3.05, 3.63) is 18.1 Å². The molecule has 0 unspecified atom stereocenters. The molecule has 0 saturated carbocycles. The Morgan fingerprint density at radius 3 is 2.59 bits per heavy atom. The maximum atomic E-state index is 11.7. The third-order valence-electron chi connectivity index (χ3n) is 2.72. The van der Waals surface area contributed by atoms with Gasteiger partial charge in [-0.2, -0.15) is 0 Å². The van der Waals surface area contributed by atoms with Gasteiger partial charge in [-0.25, -0.2) is 15.8 Å². The molecule has 0 atom stereocenters. The number of carbonyl (C=O) groups excluding carboxylic acids is 1. The molecule has 1 rings (SSSR count). The van der Waals surface area contributed by atoms with E-state index >= 15 is 0 Å². The Balaban J connectivity index is 2.58. The molecule has 0 aromatic carbocycles. The van der Waals surface area contributed by atoms with Crippen molar-refractivity contribution >= 4 is 11.7 Å². The van der Waals surface area contributed by atoms with Gasteiger partial charge in [-0.05, 0) is 11.8 Å². The van der Waals surface area contributed by atoms with Crippen LogP contribution in [0.5, 0.6) is 0 Å². The molecule has 1 heterocycles. The molecule has 0 aliphatic carbocycles. The average Bonchev–Trinajstić information content (AvgIpc) is 2.36. The van der Waals surface area contributed by atoms with Gasteiger partial charge in [-0.1, -0.05) is 20.8 Å². The zero-order chi connectivity index (χ0) is 12.9. The third-order valence-corrected chi connectivity index (χ3v) is 2.72. The summed E-state index contributed by atoms with van der Waals surface area (Å²) in [5.74, 6) is 5.36. The van der Waals surface area contributed by atoms with E-state index in [9.17, 15) is 4.79 Å². The highest BCUT2D eigenvalue weighted by molar-refractivity contribution is 5.92. The van der Waals surface area contributed by atoms with E-state index in [0.717, 1.165) is 6.42 Å². The van der Waals surface area contributed by atoms with E-state index in [1.807, 2.05) is 0 Å². The molecule has 0 bridgehead atoms. The van der Waals surface area contributed by atoms with Crippen LogP contribution in [-0.2, 0) is 0 Å². The maximum Gasteiger partial charge on any atom is 0.271 e. The fourth-order valence-electron chi connectivity index (χ4n) is 1.05. The number of amides is 1. The number of rotatable bonds is 5. The lowest BCUT2D eigenvalue weighted by Gasteiger charge is -2.22. The van der Waals surface area contributed by atoms with Gasteiger partial charge in [0.15, 0.2) is 5.82 Å². The SMILES string of the molecule is CCC(C)(C)CNC(=O)c1cnc(NN)cn1. The molecule has 0 aliphatic rings. The van der Waals surface area contributed by atoms with Crippen LogP contribution in [0.3, 0.4) is 0 Å². The van der Waals surface area contributed by atoms with Crippen molar-refractivity contribution in [3.63, 3.8) is 0 Å². The largest absolute Gasteiger partial charge is 0.350 e. The van der Waals surface area contributed by atoms with Crippen LogP contribution in [0.2, 0.25) is 0 Å². The van der Waals surface area contributed by atoms with Crippen LogP contribution >= 0.6 is 0 Å². The zero-order valence-corrected chi connectivity index (χ0v) is 10.4. The summed E-state index contributed by atoms with van der Waals surface area (Å²) in [6.45, 7) is 6.90. The van der Waals surface area contributed by atoms with Crippen molar-refractivity contribution in [1.82, 2.24) is 15.3 Å². The van der Waals surface area contributed by atoms with Crippen molar-refractivity contribution in [2.45, 2.75) is 27.2 Å². The van der Waals surface area contributed by atoms with Crippen LogP contribution in [0.4, 0.5) is 5.82 Å². The first kappa shape index (κ1) is 13.4. The minimum Gasteiger partial charge on any atom is -0.350 e. The van der Waals surface area contributed by atoms with Gasteiger partial charge in [-0.3, -0.25) is 4.79 Å². The summed E-state index contributed by atoms with van der Waals surface area (Å²) in [4.78, 5) is 19.6. The second-order valence-corrected chi connectivity index (χ2v) is 4.63. The molecule has 1 amide bonds. The van der Waals surface area contributed by atoms with E-state index in [1.165, 1.54) is 12.4 Å². The van der Waals surface area contributed by atoms with E-state index in [2.05, 4.69) is 41.5 Å². The molecule has 0 spiro atoms. The number of anilines is 1. The van der Waals surface area contributed by atoms with Crippen LogP contribution < -0.4 is 16.6 Å². The Morgan fingerprint density at radius 1 is 1.41 bits per heavy atom. The molecule has 0 saturated heterocycles. The summed E-state index contributed by atoms with van der Waals surface area (Å²) < 4.78 is 0. The topological polar surface area (TPSA) is 92.9 Å². The second kappa shape index (κ2) is 5.58. The maximum absolute atomic E-state index is 11.7. The van der Waals surface area contributed by atoms with Crippen LogP contribution in [-0.4, -0.2) is 22.4 Å². The van der Waals surface area contributed by atoms with Gasteiger partial charge in [0.25, 0.3) is 5.91 Å². The van der Waals surface area contributed by atoms with Gasteiger partial charge in [0.2, 0.25) is 0 Å². The van der Waals surface area contributed by atoms with E-state index < -0.39 is 0 Å². The normalized spacial score (nSPS) is 11.1. The van der Waals surface area contributed by atoms with Crippen molar-refractivity contribution in [2.75, 3.05) is 12.0 Å². The fraction of sp³-hybridized carbons (Fsp3) is 0.545. The van der Waals surface area contributed by atoms with Crippen LogP contribution in [0.15, 0.2) is 12.4 Å². The number of nitrogen functional groups attached to an aromatic ring is 1. The zero-order valence-electron chi connectivity index (χ0n) is 10.4. The first-order valence-corrected chi connectivity index (χ1v) is 5.55. The highest BCUT2D eigenvalue weighted by atomic mass is 16.1. The first-order chi connectivity index (χ1) is 7.98. The summed E-state index contributed by atoms with van der Waals surface area (Å²) in [5, 5.41) is 2.83. The minimum absolute atomic E-state index is 0.0852. The number of nitrogens with zero attached hydrogens (tertiary/aromatic N) is 2. The van der Waals surface area contributed by atoms with Gasteiger partial charge in [-0.15, -0.1) is 0 Å². The lowest BCUT2D eigenvalue weighted by molar-refractivity contribution is 0.0930. The molecule has 0 aliphatic heterocycles. The lowest BCUT2D eigenvalue weighted by atomic mass is 9.90. The van der Waals surface area contributed by atoms with E-state index in [4.69, 9.17) is 5.84 Å². The molecule has 4 N–H and O–H groups in total. The van der Waals surface area contributed by atoms with Crippen molar-refractivity contribution in [1.29, 1.82) is 0 Å². The molecule has 6 nitrogen and oxygen atoms in total. The molecule has 94 valence electrons. The first-order valence-electron chi connectivity index (χ1n) is 5.55. The summed E-state index contributed by atoms with van der Waals surface area (Å²) in [7, 11) is 0. The predicted octanol–water partition coefficient (Wildman–Crippen LogP) is 0.928. The Hall–Kier alpha value is -1.69.